The smallest absolute Gasteiger partial charge is 0.339 e. The molecule has 0 aliphatic heterocycles. The number of rotatable bonds is 9. The topological polar surface area (TPSA) is 105 Å². The Hall–Kier alpha value is -3.36. The Labute approximate surface area is 212 Å². The van der Waals surface area contributed by atoms with Crippen LogP contribution in [-0.4, -0.2) is 20.9 Å². The van der Waals surface area contributed by atoms with Crippen molar-refractivity contribution in [3.05, 3.63) is 93.1 Å². The molecule has 0 spiro atoms. The number of hydrogen-bond donors (Lipinski definition) is 1. The molecule has 1 amide bonds. The Morgan fingerprint density at radius 1 is 1.09 bits per heavy atom. The minimum absolute atomic E-state index is 0.0130. The van der Waals surface area contributed by atoms with Crippen LogP contribution < -0.4 is 14.2 Å². The third-order valence-electron chi connectivity index (χ3n) is 4.53. The van der Waals surface area contributed by atoms with Crippen LogP contribution in [0.5, 0.6) is 11.5 Å². The van der Waals surface area contributed by atoms with Gasteiger partial charge in [0, 0.05) is 6.54 Å². The Balaban J connectivity index is 1.88. The zero-order valence-corrected chi connectivity index (χ0v) is 21.2. The monoisotopic (exact) mass is 588 g/mol. The number of nitriles is 1. The normalized spacial score (nSPS) is 11.4. The highest BCUT2D eigenvalue weighted by Crippen LogP contribution is 2.37. The summed E-state index contributed by atoms with van der Waals surface area (Å²) in [6, 6.07) is 22.2. The SMILES string of the molecule is CCOc1cc(/C=C(\C#N)C(=O)NCc2ccccc2)cc(I)c1OS(=O)(=O)c1ccccc1. The molecule has 0 aliphatic carbocycles. The summed E-state index contributed by atoms with van der Waals surface area (Å²) in [5.74, 6) is -0.302. The van der Waals surface area contributed by atoms with Gasteiger partial charge >= 0.3 is 10.1 Å². The fraction of sp³-hybridized carbons (Fsp3) is 0.120. The first-order chi connectivity index (χ1) is 16.3. The molecule has 34 heavy (non-hydrogen) atoms. The number of amides is 1. The first-order valence-corrected chi connectivity index (χ1v) is 12.7. The summed E-state index contributed by atoms with van der Waals surface area (Å²) < 4.78 is 36.9. The molecule has 0 aromatic heterocycles. The fourth-order valence-electron chi connectivity index (χ4n) is 2.95. The molecule has 0 unspecified atom stereocenters. The predicted molar refractivity (Wildman–Crippen MR) is 136 cm³/mol. The maximum atomic E-state index is 12.7. The second-order valence-corrected chi connectivity index (χ2v) is 9.66. The van der Waals surface area contributed by atoms with E-state index in [2.05, 4.69) is 5.32 Å². The molecule has 9 heteroatoms. The number of halogens is 1. The largest absolute Gasteiger partial charge is 0.490 e. The second kappa shape index (κ2) is 11.7. The van der Waals surface area contributed by atoms with Gasteiger partial charge in [-0.15, -0.1) is 0 Å². The molecular weight excluding hydrogens is 567 g/mol. The number of hydrogen-bond acceptors (Lipinski definition) is 6. The summed E-state index contributed by atoms with van der Waals surface area (Å²) in [5, 5.41) is 12.2. The van der Waals surface area contributed by atoms with E-state index in [1.807, 2.05) is 59.0 Å². The molecule has 1 N–H and O–H groups in total. The van der Waals surface area contributed by atoms with Crippen molar-refractivity contribution in [2.24, 2.45) is 0 Å². The van der Waals surface area contributed by atoms with Crippen LogP contribution in [0.2, 0.25) is 0 Å². The number of benzene rings is 3. The standard InChI is InChI=1S/C25H21IN2O5S/c1-2-32-23-15-19(13-20(16-27)25(29)28-17-18-9-5-3-6-10-18)14-22(26)24(23)33-34(30,31)21-11-7-4-8-12-21/h3-15H,2,17H2,1H3,(H,28,29)/b20-13+. The first kappa shape index (κ1) is 25.3. The molecule has 0 atom stereocenters. The number of carbonyl (C=O) groups excluding carboxylic acids is 1. The van der Waals surface area contributed by atoms with Crippen LogP contribution in [0, 0.1) is 14.9 Å². The van der Waals surface area contributed by atoms with E-state index in [0.29, 0.717) is 9.13 Å². The number of ether oxygens (including phenoxy) is 1. The van der Waals surface area contributed by atoms with E-state index >= 15 is 0 Å². The van der Waals surface area contributed by atoms with Gasteiger partial charge in [0.25, 0.3) is 5.91 Å². The zero-order chi connectivity index (χ0) is 24.6. The minimum atomic E-state index is -4.08. The van der Waals surface area contributed by atoms with Crippen LogP contribution in [0.3, 0.4) is 0 Å². The zero-order valence-electron chi connectivity index (χ0n) is 18.2. The molecule has 7 nitrogen and oxygen atoms in total. The molecule has 0 aliphatic rings. The molecule has 0 radical (unpaired) electrons. The Kier molecular flexibility index (Phi) is 8.67. The van der Waals surface area contributed by atoms with E-state index in [0.717, 1.165) is 5.56 Å². The number of nitrogens with zero attached hydrogens (tertiary/aromatic N) is 1. The maximum Gasteiger partial charge on any atom is 0.339 e. The van der Waals surface area contributed by atoms with E-state index in [1.54, 1.807) is 31.2 Å². The lowest BCUT2D eigenvalue weighted by Gasteiger charge is -2.14. The second-order valence-electron chi connectivity index (χ2n) is 6.95. The summed E-state index contributed by atoms with van der Waals surface area (Å²) in [7, 11) is -4.08. The van der Waals surface area contributed by atoms with Crippen LogP contribution in [0.4, 0.5) is 0 Å². The lowest BCUT2D eigenvalue weighted by molar-refractivity contribution is -0.117. The van der Waals surface area contributed by atoms with Crippen molar-refractivity contribution < 1.29 is 22.1 Å². The summed E-state index contributed by atoms with van der Waals surface area (Å²) in [5.41, 5.74) is 1.30. The average Bonchev–Trinajstić information content (AvgIpc) is 2.84. The van der Waals surface area contributed by atoms with E-state index in [-0.39, 0.29) is 35.1 Å². The van der Waals surface area contributed by atoms with Gasteiger partial charge in [0.1, 0.15) is 16.5 Å². The molecule has 0 saturated carbocycles. The van der Waals surface area contributed by atoms with Crippen molar-refractivity contribution in [2.45, 2.75) is 18.4 Å². The highest BCUT2D eigenvalue weighted by atomic mass is 127. The molecule has 3 aromatic carbocycles. The van der Waals surface area contributed by atoms with Crippen molar-refractivity contribution in [1.29, 1.82) is 5.26 Å². The summed E-state index contributed by atoms with van der Waals surface area (Å²) in [4.78, 5) is 12.5. The van der Waals surface area contributed by atoms with Gasteiger partial charge in [-0.25, -0.2) is 0 Å². The quantitative estimate of drug-likeness (QED) is 0.169. The fourth-order valence-corrected chi connectivity index (χ4v) is 4.81. The predicted octanol–water partition coefficient (Wildman–Crippen LogP) is 4.68. The molecule has 0 heterocycles. The highest BCUT2D eigenvalue weighted by Gasteiger charge is 2.22. The van der Waals surface area contributed by atoms with E-state index in [9.17, 15) is 18.5 Å². The van der Waals surface area contributed by atoms with E-state index in [1.165, 1.54) is 24.3 Å². The van der Waals surface area contributed by atoms with Gasteiger partial charge in [-0.05, 0) is 71.0 Å². The van der Waals surface area contributed by atoms with Crippen LogP contribution in [0.1, 0.15) is 18.1 Å². The highest BCUT2D eigenvalue weighted by molar-refractivity contribution is 14.1. The lowest BCUT2D eigenvalue weighted by Crippen LogP contribution is -2.23. The van der Waals surface area contributed by atoms with Crippen LogP contribution in [0.15, 0.2) is 83.3 Å². The van der Waals surface area contributed by atoms with Gasteiger partial charge in [-0.2, -0.15) is 13.7 Å². The van der Waals surface area contributed by atoms with E-state index in [4.69, 9.17) is 8.92 Å². The van der Waals surface area contributed by atoms with Crippen molar-refractivity contribution in [1.82, 2.24) is 5.32 Å². The Bertz CT molecular complexity index is 1330. The first-order valence-electron chi connectivity index (χ1n) is 10.2. The maximum absolute atomic E-state index is 12.7. The average molecular weight is 588 g/mol. The summed E-state index contributed by atoms with van der Waals surface area (Å²) in [6.45, 7) is 2.29. The van der Waals surface area contributed by atoms with E-state index < -0.39 is 16.0 Å². The van der Waals surface area contributed by atoms with Gasteiger partial charge in [-0.1, -0.05) is 48.5 Å². The third-order valence-corrected chi connectivity index (χ3v) is 6.57. The van der Waals surface area contributed by atoms with Crippen molar-refractivity contribution >= 4 is 44.7 Å². The molecule has 3 aromatic rings. The van der Waals surface area contributed by atoms with Crippen LogP contribution in [-0.2, 0) is 21.5 Å². The van der Waals surface area contributed by atoms with Gasteiger partial charge < -0.3 is 14.2 Å². The molecule has 3 rings (SSSR count). The molecule has 0 saturated heterocycles. The summed E-state index contributed by atoms with van der Waals surface area (Å²) >= 11 is 1.93. The molecular formula is C25H21IN2O5S. The Morgan fingerprint density at radius 2 is 1.74 bits per heavy atom. The van der Waals surface area contributed by atoms with Gasteiger partial charge in [0.05, 0.1) is 10.2 Å². The number of carbonyl (C=O) groups is 1. The van der Waals surface area contributed by atoms with Gasteiger partial charge in [0.2, 0.25) is 0 Å². The van der Waals surface area contributed by atoms with Gasteiger partial charge in [0.15, 0.2) is 11.5 Å². The van der Waals surface area contributed by atoms with Crippen molar-refractivity contribution in [2.75, 3.05) is 6.61 Å². The molecule has 0 bridgehead atoms. The molecule has 174 valence electrons. The number of nitrogens with one attached hydrogen (secondary N) is 1. The van der Waals surface area contributed by atoms with Crippen LogP contribution >= 0.6 is 22.6 Å². The lowest BCUT2D eigenvalue weighted by atomic mass is 10.1. The van der Waals surface area contributed by atoms with Crippen molar-refractivity contribution in [3.8, 4) is 17.6 Å². The Morgan fingerprint density at radius 3 is 2.35 bits per heavy atom. The van der Waals surface area contributed by atoms with Crippen molar-refractivity contribution in [3.63, 3.8) is 0 Å². The summed E-state index contributed by atoms with van der Waals surface area (Å²) in [6.07, 6.45) is 1.42. The minimum Gasteiger partial charge on any atom is -0.490 e. The molecule has 0 fully saturated rings. The third kappa shape index (κ3) is 6.59. The van der Waals surface area contributed by atoms with Gasteiger partial charge in [-0.3, -0.25) is 4.79 Å². The van der Waals surface area contributed by atoms with Crippen LogP contribution in [0.25, 0.3) is 6.08 Å².